The molecule has 1 N–H and O–H groups in total. The van der Waals surface area contributed by atoms with Crippen molar-refractivity contribution in [2.75, 3.05) is 26.9 Å². The zero-order valence-corrected chi connectivity index (χ0v) is 17.3. The number of nitrogens with one attached hydrogen (secondary N) is 1. The second-order valence-corrected chi connectivity index (χ2v) is 7.59. The first-order valence-electron chi connectivity index (χ1n) is 9.27. The van der Waals surface area contributed by atoms with Gasteiger partial charge in [0, 0.05) is 29.1 Å². The van der Waals surface area contributed by atoms with Gasteiger partial charge in [-0.1, -0.05) is 36.4 Å². The first kappa shape index (κ1) is 20.8. The zero-order valence-electron chi connectivity index (χ0n) is 16.5. The smallest absolute Gasteiger partial charge is 0.338 e. The molecule has 152 valence electrons. The fourth-order valence-corrected chi connectivity index (χ4v) is 4.24. The minimum Gasteiger partial charge on any atom is -0.460 e. The standard InChI is InChI=1S/C22H24N2O4S/c1-4-12-24-15(2)19(21(25)28-14-13-27-3)20(23-22(24)26)18-11-10-17(29-18)16-8-6-5-7-9-16/h4-11,20H,1,12-14H2,2-3H3,(H,23,26)/t20-/m1/s1. The number of hydrogen-bond donors (Lipinski definition) is 1. The molecular weight excluding hydrogens is 388 g/mol. The molecule has 0 saturated carbocycles. The highest BCUT2D eigenvalue weighted by atomic mass is 32.1. The highest BCUT2D eigenvalue weighted by Gasteiger charge is 2.36. The normalized spacial score (nSPS) is 16.6. The molecule has 1 aliphatic heterocycles. The fourth-order valence-electron chi connectivity index (χ4n) is 3.17. The minimum atomic E-state index is -0.568. The summed E-state index contributed by atoms with van der Waals surface area (Å²) < 4.78 is 10.3. The molecule has 1 aliphatic rings. The molecule has 3 rings (SSSR count). The van der Waals surface area contributed by atoms with Gasteiger partial charge in [-0.05, 0) is 24.6 Å². The van der Waals surface area contributed by atoms with Crippen LogP contribution in [-0.4, -0.2) is 43.8 Å². The van der Waals surface area contributed by atoms with Crippen LogP contribution in [0.3, 0.4) is 0 Å². The number of methoxy groups -OCH3 is 1. The molecule has 0 fully saturated rings. The van der Waals surface area contributed by atoms with Gasteiger partial charge in [-0.2, -0.15) is 0 Å². The Morgan fingerprint density at radius 2 is 2.00 bits per heavy atom. The molecule has 1 atom stereocenters. The minimum absolute atomic E-state index is 0.147. The van der Waals surface area contributed by atoms with E-state index in [0.29, 0.717) is 24.4 Å². The summed E-state index contributed by atoms with van der Waals surface area (Å²) in [6.07, 6.45) is 1.62. The number of ether oxygens (including phenoxy) is 2. The van der Waals surface area contributed by atoms with Crippen LogP contribution in [-0.2, 0) is 14.3 Å². The maximum atomic E-state index is 12.9. The second kappa shape index (κ2) is 9.54. The summed E-state index contributed by atoms with van der Waals surface area (Å²) in [5.74, 6) is -0.465. The molecular formula is C22H24N2O4S. The molecule has 0 unspecified atom stereocenters. The van der Waals surface area contributed by atoms with Crippen molar-refractivity contribution in [3.8, 4) is 10.4 Å². The van der Waals surface area contributed by atoms with Crippen LogP contribution in [0.4, 0.5) is 4.79 Å². The van der Waals surface area contributed by atoms with E-state index >= 15 is 0 Å². The van der Waals surface area contributed by atoms with Gasteiger partial charge in [0.2, 0.25) is 0 Å². The van der Waals surface area contributed by atoms with Crippen LogP contribution in [0.25, 0.3) is 10.4 Å². The number of carbonyl (C=O) groups excluding carboxylic acids is 2. The van der Waals surface area contributed by atoms with Crippen LogP contribution in [0.2, 0.25) is 0 Å². The van der Waals surface area contributed by atoms with Crippen molar-refractivity contribution in [2.45, 2.75) is 13.0 Å². The first-order chi connectivity index (χ1) is 14.1. The van der Waals surface area contributed by atoms with Gasteiger partial charge >= 0.3 is 12.0 Å². The number of nitrogens with zero attached hydrogens (tertiary/aromatic N) is 1. The lowest BCUT2D eigenvalue weighted by Gasteiger charge is -2.34. The van der Waals surface area contributed by atoms with Crippen LogP contribution in [0.15, 0.2) is 66.4 Å². The topological polar surface area (TPSA) is 67.9 Å². The first-order valence-corrected chi connectivity index (χ1v) is 10.1. The van der Waals surface area contributed by atoms with Crippen LogP contribution in [0, 0.1) is 0 Å². The number of benzene rings is 1. The number of urea groups is 1. The van der Waals surface area contributed by atoms with Crippen LogP contribution < -0.4 is 5.32 Å². The van der Waals surface area contributed by atoms with E-state index in [9.17, 15) is 9.59 Å². The average Bonchev–Trinajstić information content (AvgIpc) is 3.21. The zero-order chi connectivity index (χ0) is 20.8. The summed E-state index contributed by atoms with van der Waals surface area (Å²) in [4.78, 5) is 28.9. The Hall–Kier alpha value is -2.90. The number of esters is 1. The van der Waals surface area contributed by atoms with Gasteiger partial charge in [-0.25, -0.2) is 9.59 Å². The summed E-state index contributed by atoms with van der Waals surface area (Å²) >= 11 is 1.54. The summed E-state index contributed by atoms with van der Waals surface area (Å²) in [6, 6.07) is 13.1. The number of carbonyl (C=O) groups is 2. The number of rotatable bonds is 8. The van der Waals surface area contributed by atoms with E-state index < -0.39 is 12.0 Å². The second-order valence-electron chi connectivity index (χ2n) is 6.48. The molecule has 0 bridgehead atoms. The molecule has 6 nitrogen and oxygen atoms in total. The lowest BCUT2D eigenvalue weighted by atomic mass is 10.0. The molecule has 2 aromatic rings. The Morgan fingerprint density at radius 1 is 1.24 bits per heavy atom. The van der Waals surface area contributed by atoms with Crippen molar-refractivity contribution >= 4 is 23.3 Å². The molecule has 7 heteroatoms. The highest BCUT2D eigenvalue weighted by Crippen LogP contribution is 2.37. The fraction of sp³-hybridized carbons (Fsp3) is 0.273. The van der Waals surface area contributed by atoms with Crippen molar-refractivity contribution in [3.63, 3.8) is 0 Å². The van der Waals surface area contributed by atoms with E-state index in [4.69, 9.17) is 9.47 Å². The number of hydrogen-bond acceptors (Lipinski definition) is 5. The average molecular weight is 413 g/mol. The third kappa shape index (κ3) is 4.58. The molecule has 1 aromatic carbocycles. The maximum Gasteiger partial charge on any atom is 0.338 e. The Bertz CT molecular complexity index is 920. The monoisotopic (exact) mass is 412 g/mol. The molecule has 1 aromatic heterocycles. The van der Waals surface area contributed by atoms with Crippen LogP contribution >= 0.6 is 11.3 Å². The van der Waals surface area contributed by atoms with Crippen LogP contribution in [0.1, 0.15) is 17.8 Å². The van der Waals surface area contributed by atoms with Crippen molar-refractivity contribution in [2.24, 2.45) is 0 Å². The van der Waals surface area contributed by atoms with E-state index in [2.05, 4.69) is 11.9 Å². The molecule has 0 saturated heterocycles. The predicted octanol–water partition coefficient (Wildman–Crippen LogP) is 4.13. The Balaban J connectivity index is 1.97. The van der Waals surface area contributed by atoms with E-state index in [1.807, 2.05) is 42.5 Å². The van der Waals surface area contributed by atoms with Gasteiger partial charge in [-0.15, -0.1) is 17.9 Å². The SMILES string of the molecule is C=CCN1C(=O)N[C@H](c2ccc(-c3ccccc3)s2)C(C(=O)OCCOC)=C1C. The summed E-state index contributed by atoms with van der Waals surface area (Å²) in [5, 5.41) is 2.94. The quantitative estimate of drug-likeness (QED) is 0.402. The van der Waals surface area contributed by atoms with Crippen LogP contribution in [0.5, 0.6) is 0 Å². The molecule has 2 heterocycles. The molecule has 0 radical (unpaired) electrons. The van der Waals surface area contributed by atoms with Crippen molar-refractivity contribution in [3.05, 3.63) is 71.3 Å². The van der Waals surface area contributed by atoms with Gasteiger partial charge in [0.15, 0.2) is 0 Å². The van der Waals surface area contributed by atoms with Gasteiger partial charge in [0.1, 0.15) is 6.61 Å². The van der Waals surface area contributed by atoms with Gasteiger partial charge in [-0.3, -0.25) is 4.90 Å². The van der Waals surface area contributed by atoms with Gasteiger partial charge in [0.05, 0.1) is 18.2 Å². The molecule has 0 spiro atoms. The van der Waals surface area contributed by atoms with Crippen molar-refractivity contribution in [1.29, 1.82) is 0 Å². The van der Waals surface area contributed by atoms with Crippen molar-refractivity contribution in [1.82, 2.24) is 10.2 Å². The van der Waals surface area contributed by atoms with E-state index in [1.165, 1.54) is 4.90 Å². The number of thiophene rings is 1. The third-order valence-electron chi connectivity index (χ3n) is 4.62. The van der Waals surface area contributed by atoms with Crippen molar-refractivity contribution < 1.29 is 19.1 Å². The summed E-state index contributed by atoms with van der Waals surface area (Å²) in [7, 11) is 1.55. The Labute approximate surface area is 174 Å². The highest BCUT2D eigenvalue weighted by molar-refractivity contribution is 7.15. The molecule has 2 amide bonds. The number of amides is 2. The largest absolute Gasteiger partial charge is 0.460 e. The van der Waals surface area contributed by atoms with E-state index in [-0.39, 0.29) is 12.6 Å². The third-order valence-corrected chi connectivity index (χ3v) is 5.82. The number of allylic oxidation sites excluding steroid dienone is 1. The molecule has 0 aliphatic carbocycles. The van der Waals surface area contributed by atoms with Gasteiger partial charge in [0.25, 0.3) is 0 Å². The Morgan fingerprint density at radius 3 is 2.69 bits per heavy atom. The Kier molecular flexibility index (Phi) is 6.85. The maximum absolute atomic E-state index is 12.9. The van der Waals surface area contributed by atoms with E-state index in [1.54, 1.807) is 31.4 Å². The lowest BCUT2D eigenvalue weighted by Crippen LogP contribution is -2.47. The summed E-state index contributed by atoms with van der Waals surface area (Å²) in [5.41, 5.74) is 2.07. The predicted molar refractivity (Wildman–Crippen MR) is 113 cm³/mol. The lowest BCUT2D eigenvalue weighted by molar-refractivity contribution is -0.140. The van der Waals surface area contributed by atoms with E-state index in [0.717, 1.165) is 15.3 Å². The summed E-state index contributed by atoms with van der Waals surface area (Å²) in [6.45, 7) is 6.21. The molecule has 29 heavy (non-hydrogen) atoms. The van der Waals surface area contributed by atoms with Gasteiger partial charge < -0.3 is 14.8 Å².